The molecule has 0 aliphatic heterocycles. The van der Waals surface area contributed by atoms with Gasteiger partial charge in [-0.2, -0.15) is 0 Å². The topological polar surface area (TPSA) is 104 Å². The standard InChI is InChI=1S/C23H21N7O/c1-16-5-4-6-19(13-16)29-23(31)28-18-10-8-17(9-11-18)27-21-14-22(26-15-25-21)30-20-7-2-3-12-24-20/h2-15H,1H3,(H2,28,29,31)(H2,24,25,26,27,30). The second-order valence-electron chi connectivity index (χ2n) is 6.78. The largest absolute Gasteiger partial charge is 0.340 e. The number of carbonyl (C=O) groups is 1. The molecule has 4 rings (SSSR count). The van der Waals surface area contributed by atoms with Crippen LogP contribution in [0.1, 0.15) is 5.56 Å². The zero-order valence-electron chi connectivity index (χ0n) is 16.8. The number of amides is 2. The Morgan fingerprint density at radius 1 is 0.677 bits per heavy atom. The maximum Gasteiger partial charge on any atom is 0.323 e. The summed E-state index contributed by atoms with van der Waals surface area (Å²) in [6.07, 6.45) is 3.18. The van der Waals surface area contributed by atoms with Crippen molar-refractivity contribution in [3.63, 3.8) is 0 Å². The monoisotopic (exact) mass is 411 g/mol. The first-order valence-corrected chi connectivity index (χ1v) is 9.66. The molecule has 4 N–H and O–H groups in total. The lowest BCUT2D eigenvalue weighted by molar-refractivity contribution is 0.262. The molecule has 4 aromatic rings. The van der Waals surface area contributed by atoms with Gasteiger partial charge in [0.1, 0.15) is 23.8 Å². The van der Waals surface area contributed by atoms with Gasteiger partial charge in [-0.05, 0) is 61.0 Å². The SMILES string of the molecule is Cc1cccc(NC(=O)Nc2ccc(Nc3cc(Nc4ccccn4)ncn3)cc2)c1. The molecule has 0 aliphatic carbocycles. The Labute approximate surface area is 179 Å². The van der Waals surface area contributed by atoms with Gasteiger partial charge in [0, 0.05) is 29.3 Å². The van der Waals surface area contributed by atoms with E-state index in [1.807, 2.05) is 73.7 Å². The van der Waals surface area contributed by atoms with Crippen LogP contribution in [0.15, 0.2) is 85.3 Å². The number of rotatable bonds is 6. The minimum Gasteiger partial charge on any atom is -0.340 e. The summed E-state index contributed by atoms with van der Waals surface area (Å²) in [4.78, 5) is 24.9. The number of nitrogens with one attached hydrogen (secondary N) is 4. The van der Waals surface area contributed by atoms with Crippen LogP contribution in [0.4, 0.5) is 39.3 Å². The molecule has 154 valence electrons. The molecular formula is C23H21N7O. The highest BCUT2D eigenvalue weighted by atomic mass is 16.2. The number of anilines is 6. The molecule has 0 fully saturated rings. The highest BCUT2D eigenvalue weighted by molar-refractivity contribution is 5.99. The van der Waals surface area contributed by atoms with E-state index in [4.69, 9.17) is 0 Å². The average Bonchev–Trinajstić information content (AvgIpc) is 2.76. The van der Waals surface area contributed by atoms with Crippen LogP contribution in [0.2, 0.25) is 0 Å². The number of nitrogens with zero attached hydrogens (tertiary/aromatic N) is 3. The van der Waals surface area contributed by atoms with Crippen molar-refractivity contribution >= 4 is 40.5 Å². The number of urea groups is 1. The Bertz CT molecular complexity index is 1160. The molecular weight excluding hydrogens is 390 g/mol. The third-order valence-corrected chi connectivity index (χ3v) is 4.28. The maximum absolute atomic E-state index is 12.2. The Balaban J connectivity index is 1.35. The van der Waals surface area contributed by atoms with Gasteiger partial charge in [-0.1, -0.05) is 18.2 Å². The number of aromatic nitrogens is 3. The predicted molar refractivity (Wildman–Crippen MR) is 123 cm³/mol. The van der Waals surface area contributed by atoms with Crippen molar-refractivity contribution in [2.75, 3.05) is 21.3 Å². The van der Waals surface area contributed by atoms with Crippen LogP contribution < -0.4 is 21.3 Å². The second-order valence-corrected chi connectivity index (χ2v) is 6.78. The van der Waals surface area contributed by atoms with E-state index in [0.717, 1.165) is 16.9 Å². The van der Waals surface area contributed by atoms with Gasteiger partial charge >= 0.3 is 6.03 Å². The van der Waals surface area contributed by atoms with Gasteiger partial charge in [-0.25, -0.2) is 19.7 Å². The van der Waals surface area contributed by atoms with E-state index < -0.39 is 0 Å². The van der Waals surface area contributed by atoms with Crippen molar-refractivity contribution < 1.29 is 4.79 Å². The summed E-state index contributed by atoms with van der Waals surface area (Å²) < 4.78 is 0. The maximum atomic E-state index is 12.2. The molecule has 0 unspecified atom stereocenters. The van der Waals surface area contributed by atoms with Gasteiger partial charge < -0.3 is 21.3 Å². The van der Waals surface area contributed by atoms with Crippen molar-refractivity contribution in [1.29, 1.82) is 0 Å². The van der Waals surface area contributed by atoms with Gasteiger partial charge in [0.2, 0.25) is 0 Å². The minimum atomic E-state index is -0.299. The summed E-state index contributed by atoms with van der Waals surface area (Å²) in [5.74, 6) is 1.96. The number of aryl methyl sites for hydroxylation is 1. The van der Waals surface area contributed by atoms with E-state index >= 15 is 0 Å². The zero-order valence-corrected chi connectivity index (χ0v) is 16.8. The molecule has 0 atom stereocenters. The van der Waals surface area contributed by atoms with Crippen LogP contribution in [0.25, 0.3) is 0 Å². The Morgan fingerprint density at radius 3 is 2.16 bits per heavy atom. The number of hydrogen-bond donors (Lipinski definition) is 4. The molecule has 0 saturated carbocycles. The fourth-order valence-corrected chi connectivity index (χ4v) is 2.86. The van der Waals surface area contributed by atoms with Crippen molar-refractivity contribution in [1.82, 2.24) is 15.0 Å². The van der Waals surface area contributed by atoms with Gasteiger partial charge in [0.05, 0.1) is 0 Å². The summed E-state index contributed by atoms with van der Waals surface area (Å²) in [6, 6.07) is 22.1. The van der Waals surface area contributed by atoms with Gasteiger partial charge in [-0.3, -0.25) is 0 Å². The minimum absolute atomic E-state index is 0.299. The molecule has 2 aromatic carbocycles. The summed E-state index contributed by atoms with van der Waals surface area (Å²) >= 11 is 0. The number of hydrogen-bond acceptors (Lipinski definition) is 6. The third-order valence-electron chi connectivity index (χ3n) is 4.28. The normalized spacial score (nSPS) is 10.2. The smallest absolute Gasteiger partial charge is 0.323 e. The zero-order chi connectivity index (χ0) is 21.5. The predicted octanol–water partition coefficient (Wildman–Crippen LogP) is 5.31. The van der Waals surface area contributed by atoms with Crippen LogP contribution >= 0.6 is 0 Å². The lowest BCUT2D eigenvalue weighted by Crippen LogP contribution is -2.19. The van der Waals surface area contributed by atoms with Gasteiger partial charge in [-0.15, -0.1) is 0 Å². The number of carbonyl (C=O) groups excluding carboxylic acids is 1. The third kappa shape index (κ3) is 5.77. The molecule has 2 amide bonds. The Hall–Kier alpha value is -4.46. The van der Waals surface area contributed by atoms with Crippen molar-refractivity contribution in [2.24, 2.45) is 0 Å². The van der Waals surface area contributed by atoms with Crippen LogP contribution in [0.3, 0.4) is 0 Å². The van der Waals surface area contributed by atoms with Crippen molar-refractivity contribution in [3.05, 3.63) is 90.9 Å². The Kier molecular flexibility index (Phi) is 5.99. The van der Waals surface area contributed by atoms with E-state index in [9.17, 15) is 4.79 Å². The molecule has 2 aromatic heterocycles. The molecule has 0 radical (unpaired) electrons. The summed E-state index contributed by atoms with van der Waals surface area (Å²) in [5.41, 5.74) is 3.33. The van der Waals surface area contributed by atoms with Crippen LogP contribution in [-0.2, 0) is 0 Å². The van der Waals surface area contributed by atoms with Crippen LogP contribution in [0, 0.1) is 6.92 Å². The molecule has 31 heavy (non-hydrogen) atoms. The van der Waals surface area contributed by atoms with Crippen molar-refractivity contribution in [3.8, 4) is 0 Å². The van der Waals surface area contributed by atoms with Crippen molar-refractivity contribution in [2.45, 2.75) is 6.92 Å². The molecule has 0 bridgehead atoms. The molecule has 2 heterocycles. The van der Waals surface area contributed by atoms with Crippen LogP contribution in [0.5, 0.6) is 0 Å². The molecule has 8 heteroatoms. The first-order chi connectivity index (χ1) is 15.1. The lowest BCUT2D eigenvalue weighted by atomic mass is 10.2. The summed E-state index contributed by atoms with van der Waals surface area (Å²) in [5, 5.41) is 12.0. The average molecular weight is 411 g/mol. The van der Waals surface area contributed by atoms with E-state index in [-0.39, 0.29) is 6.03 Å². The molecule has 0 spiro atoms. The van der Waals surface area contributed by atoms with E-state index in [1.54, 1.807) is 12.3 Å². The van der Waals surface area contributed by atoms with E-state index in [1.165, 1.54) is 6.33 Å². The fourth-order valence-electron chi connectivity index (χ4n) is 2.86. The van der Waals surface area contributed by atoms with Crippen LogP contribution in [-0.4, -0.2) is 21.0 Å². The molecule has 0 saturated heterocycles. The fraction of sp³-hybridized carbons (Fsp3) is 0.0435. The quantitative estimate of drug-likeness (QED) is 0.343. The summed E-state index contributed by atoms with van der Waals surface area (Å²) in [6.45, 7) is 1.98. The number of benzene rings is 2. The van der Waals surface area contributed by atoms with Gasteiger partial charge in [0.15, 0.2) is 0 Å². The number of pyridine rings is 1. The van der Waals surface area contributed by atoms with E-state index in [2.05, 4.69) is 36.2 Å². The first kappa shape index (κ1) is 19.8. The Morgan fingerprint density at radius 2 is 1.42 bits per heavy atom. The van der Waals surface area contributed by atoms with E-state index in [0.29, 0.717) is 23.1 Å². The molecule has 0 aliphatic rings. The first-order valence-electron chi connectivity index (χ1n) is 9.66. The highest BCUT2D eigenvalue weighted by Crippen LogP contribution is 2.20. The molecule has 8 nitrogen and oxygen atoms in total. The van der Waals surface area contributed by atoms with Gasteiger partial charge in [0.25, 0.3) is 0 Å². The summed E-state index contributed by atoms with van der Waals surface area (Å²) in [7, 11) is 0. The highest BCUT2D eigenvalue weighted by Gasteiger charge is 2.04. The lowest BCUT2D eigenvalue weighted by Gasteiger charge is -2.10. The second kappa shape index (κ2) is 9.36.